The van der Waals surface area contributed by atoms with E-state index < -0.39 is 0 Å². The number of esters is 1. The number of carbonyl (C=O) groups excluding carboxylic acids is 1. The van der Waals surface area contributed by atoms with Gasteiger partial charge in [-0.05, 0) is 32.4 Å². The zero-order valence-corrected chi connectivity index (χ0v) is 10.2. The molecule has 84 valence electrons. The van der Waals surface area contributed by atoms with Crippen LogP contribution in [0.2, 0.25) is 0 Å². The first-order valence-corrected chi connectivity index (χ1v) is 6.10. The molecule has 0 radical (unpaired) electrons. The zero-order chi connectivity index (χ0) is 10.8. The lowest BCUT2D eigenvalue weighted by molar-refractivity contribution is -0.147. The minimum atomic E-state index is -0.0609. The van der Waals surface area contributed by atoms with Crippen molar-refractivity contribution in [1.82, 2.24) is 0 Å². The molecule has 0 spiro atoms. The minimum absolute atomic E-state index is 0.0201. The largest absolute Gasteiger partial charge is 0.463 e. The van der Waals surface area contributed by atoms with Crippen molar-refractivity contribution in [3.63, 3.8) is 0 Å². The smallest absolute Gasteiger partial charge is 0.306 e. The second-order valence-corrected chi connectivity index (χ2v) is 4.23. The number of rotatable bonds is 8. The van der Waals surface area contributed by atoms with Gasteiger partial charge < -0.3 is 4.74 Å². The normalized spacial score (nSPS) is 10.6. The minimum Gasteiger partial charge on any atom is -0.463 e. The van der Waals surface area contributed by atoms with Gasteiger partial charge in [0.15, 0.2) is 0 Å². The third-order valence-electron chi connectivity index (χ3n) is 1.91. The van der Waals surface area contributed by atoms with Crippen LogP contribution in [0.3, 0.4) is 0 Å². The van der Waals surface area contributed by atoms with Crippen molar-refractivity contribution in [2.45, 2.75) is 58.5 Å². The maximum absolute atomic E-state index is 11.1. The summed E-state index contributed by atoms with van der Waals surface area (Å²) in [7, 11) is 0. The molecule has 0 aliphatic heterocycles. The average molecular weight is 218 g/mol. The number of hydrogen-bond donors (Lipinski definition) is 1. The molecular formula is C11H22O2S. The Labute approximate surface area is 92.8 Å². The van der Waals surface area contributed by atoms with E-state index in [0.29, 0.717) is 6.42 Å². The van der Waals surface area contributed by atoms with Gasteiger partial charge in [0.2, 0.25) is 0 Å². The van der Waals surface area contributed by atoms with Crippen LogP contribution in [0.25, 0.3) is 0 Å². The highest BCUT2D eigenvalue weighted by Crippen LogP contribution is 2.07. The SMILES string of the molecule is CC(C)OC(=O)CCCCCCCS. The lowest BCUT2D eigenvalue weighted by Crippen LogP contribution is -2.10. The summed E-state index contributed by atoms with van der Waals surface area (Å²) < 4.78 is 5.03. The first-order chi connectivity index (χ1) is 6.66. The summed E-state index contributed by atoms with van der Waals surface area (Å²) in [6.07, 6.45) is 6.28. The summed E-state index contributed by atoms with van der Waals surface area (Å²) in [4.78, 5) is 11.1. The van der Waals surface area contributed by atoms with Crippen LogP contribution in [-0.4, -0.2) is 17.8 Å². The molecule has 0 aromatic rings. The Hall–Kier alpha value is -0.180. The molecule has 0 atom stereocenters. The van der Waals surface area contributed by atoms with E-state index in [1.54, 1.807) is 0 Å². The molecule has 2 nitrogen and oxygen atoms in total. The van der Waals surface area contributed by atoms with Crippen molar-refractivity contribution in [3.05, 3.63) is 0 Å². The van der Waals surface area contributed by atoms with Crippen molar-refractivity contribution in [1.29, 1.82) is 0 Å². The number of thiol groups is 1. The Morgan fingerprint density at radius 3 is 2.29 bits per heavy atom. The van der Waals surface area contributed by atoms with Crippen LogP contribution in [0, 0.1) is 0 Å². The molecule has 0 saturated carbocycles. The van der Waals surface area contributed by atoms with Crippen LogP contribution in [0.5, 0.6) is 0 Å². The van der Waals surface area contributed by atoms with E-state index in [0.717, 1.165) is 18.6 Å². The molecule has 0 aromatic heterocycles. The molecule has 0 saturated heterocycles. The van der Waals surface area contributed by atoms with E-state index in [-0.39, 0.29) is 12.1 Å². The Morgan fingerprint density at radius 1 is 1.14 bits per heavy atom. The molecule has 3 heteroatoms. The van der Waals surface area contributed by atoms with Crippen molar-refractivity contribution in [2.24, 2.45) is 0 Å². The van der Waals surface area contributed by atoms with E-state index >= 15 is 0 Å². The average Bonchev–Trinajstić information content (AvgIpc) is 2.10. The molecule has 0 rings (SSSR count). The van der Waals surface area contributed by atoms with Gasteiger partial charge in [0.1, 0.15) is 0 Å². The van der Waals surface area contributed by atoms with Crippen molar-refractivity contribution in [3.8, 4) is 0 Å². The molecular weight excluding hydrogens is 196 g/mol. The van der Waals surface area contributed by atoms with Crippen LogP contribution in [0.15, 0.2) is 0 Å². The van der Waals surface area contributed by atoms with Crippen molar-refractivity contribution < 1.29 is 9.53 Å². The highest BCUT2D eigenvalue weighted by Gasteiger charge is 2.04. The maximum Gasteiger partial charge on any atom is 0.306 e. The standard InChI is InChI=1S/C11H22O2S/c1-10(2)13-11(12)8-6-4-3-5-7-9-14/h10,14H,3-9H2,1-2H3. The summed E-state index contributed by atoms with van der Waals surface area (Å²) >= 11 is 4.14. The van der Waals surface area contributed by atoms with Crippen molar-refractivity contribution >= 4 is 18.6 Å². The van der Waals surface area contributed by atoms with Crippen LogP contribution >= 0.6 is 12.6 Å². The molecule has 0 fully saturated rings. The first-order valence-electron chi connectivity index (χ1n) is 5.47. The molecule has 0 heterocycles. The van der Waals surface area contributed by atoms with E-state index in [9.17, 15) is 4.79 Å². The molecule has 0 aliphatic rings. The summed E-state index contributed by atoms with van der Waals surface area (Å²) in [5.74, 6) is 0.907. The summed E-state index contributed by atoms with van der Waals surface area (Å²) in [6, 6.07) is 0. The van der Waals surface area contributed by atoms with Gasteiger partial charge in [0, 0.05) is 6.42 Å². The van der Waals surface area contributed by atoms with Crippen LogP contribution in [0.4, 0.5) is 0 Å². The van der Waals surface area contributed by atoms with Crippen molar-refractivity contribution in [2.75, 3.05) is 5.75 Å². The Balaban J connectivity index is 3.15. The highest BCUT2D eigenvalue weighted by molar-refractivity contribution is 7.80. The van der Waals surface area contributed by atoms with Gasteiger partial charge in [0.05, 0.1) is 6.10 Å². The molecule has 0 amide bonds. The van der Waals surface area contributed by atoms with Crippen LogP contribution < -0.4 is 0 Å². The van der Waals surface area contributed by atoms with Gasteiger partial charge >= 0.3 is 5.97 Å². The number of ether oxygens (including phenoxy) is 1. The predicted molar refractivity (Wildman–Crippen MR) is 62.8 cm³/mol. The van der Waals surface area contributed by atoms with E-state index in [1.165, 1.54) is 19.3 Å². The third kappa shape index (κ3) is 9.90. The lowest BCUT2D eigenvalue weighted by Gasteiger charge is -2.07. The summed E-state index contributed by atoms with van der Waals surface area (Å²) in [5.41, 5.74) is 0. The molecule has 14 heavy (non-hydrogen) atoms. The lowest BCUT2D eigenvalue weighted by atomic mass is 10.1. The first kappa shape index (κ1) is 13.8. The fourth-order valence-electron chi connectivity index (χ4n) is 1.23. The maximum atomic E-state index is 11.1. The van der Waals surface area contributed by atoms with E-state index in [1.807, 2.05) is 13.8 Å². The van der Waals surface area contributed by atoms with E-state index in [2.05, 4.69) is 12.6 Å². The second-order valence-electron chi connectivity index (χ2n) is 3.78. The number of unbranched alkanes of at least 4 members (excludes halogenated alkanes) is 4. The van der Waals surface area contributed by atoms with Gasteiger partial charge in [0.25, 0.3) is 0 Å². The quantitative estimate of drug-likeness (QED) is 0.385. The van der Waals surface area contributed by atoms with Crippen LogP contribution in [-0.2, 0) is 9.53 Å². The van der Waals surface area contributed by atoms with Gasteiger partial charge in [-0.1, -0.05) is 19.3 Å². The number of carbonyl (C=O) groups is 1. The monoisotopic (exact) mass is 218 g/mol. The predicted octanol–water partition coefficient (Wildman–Crippen LogP) is 3.21. The van der Waals surface area contributed by atoms with Crippen LogP contribution in [0.1, 0.15) is 52.4 Å². The summed E-state index contributed by atoms with van der Waals surface area (Å²) in [5, 5.41) is 0. The van der Waals surface area contributed by atoms with Gasteiger partial charge in [-0.3, -0.25) is 4.79 Å². The molecule has 0 unspecified atom stereocenters. The fourth-order valence-corrected chi connectivity index (χ4v) is 1.46. The highest BCUT2D eigenvalue weighted by atomic mass is 32.1. The number of hydrogen-bond acceptors (Lipinski definition) is 3. The summed E-state index contributed by atoms with van der Waals surface area (Å²) in [6.45, 7) is 3.76. The van der Waals surface area contributed by atoms with E-state index in [4.69, 9.17) is 4.74 Å². The van der Waals surface area contributed by atoms with Gasteiger partial charge in [-0.2, -0.15) is 12.6 Å². The Morgan fingerprint density at radius 2 is 1.71 bits per heavy atom. The fraction of sp³-hybridized carbons (Fsp3) is 0.909. The molecule has 0 aromatic carbocycles. The Kier molecular flexibility index (Phi) is 9.26. The third-order valence-corrected chi connectivity index (χ3v) is 2.22. The second kappa shape index (κ2) is 9.38. The topological polar surface area (TPSA) is 26.3 Å². The molecule has 0 N–H and O–H groups in total. The van der Waals surface area contributed by atoms with Gasteiger partial charge in [-0.15, -0.1) is 0 Å². The Bertz CT molecular complexity index is 146. The van der Waals surface area contributed by atoms with Gasteiger partial charge in [-0.25, -0.2) is 0 Å². The molecule has 0 aliphatic carbocycles. The molecule has 0 bridgehead atoms. The zero-order valence-electron chi connectivity index (χ0n) is 9.29.